The van der Waals surface area contributed by atoms with Gasteiger partial charge in [-0.1, -0.05) is 27.7 Å². The largest absolute Gasteiger partial charge is 0.312 e. The van der Waals surface area contributed by atoms with Crippen LogP contribution in [0.25, 0.3) is 0 Å². The minimum Gasteiger partial charge on any atom is -0.312 e. The molecule has 20 heavy (non-hydrogen) atoms. The number of nitrogens with one attached hydrogen (secondary N) is 1. The van der Waals surface area contributed by atoms with Gasteiger partial charge in [0, 0.05) is 12.1 Å². The summed E-state index contributed by atoms with van der Waals surface area (Å²) in [7, 11) is 0. The summed E-state index contributed by atoms with van der Waals surface area (Å²) in [6, 6.07) is 1.47. The summed E-state index contributed by atoms with van der Waals surface area (Å²) >= 11 is 0. The molecule has 1 saturated carbocycles. The average molecular weight is 283 g/mol. The van der Waals surface area contributed by atoms with Crippen LogP contribution in [0.3, 0.4) is 0 Å². The van der Waals surface area contributed by atoms with Crippen LogP contribution in [0.5, 0.6) is 0 Å². The Kier molecular flexibility index (Phi) is 8.79. The van der Waals surface area contributed by atoms with Crippen molar-refractivity contribution in [1.82, 2.24) is 10.2 Å². The summed E-state index contributed by atoms with van der Waals surface area (Å²) in [4.78, 5) is 2.53. The molecule has 0 saturated heterocycles. The van der Waals surface area contributed by atoms with E-state index in [1.165, 1.54) is 58.2 Å². The first-order chi connectivity index (χ1) is 9.56. The molecule has 0 aromatic carbocycles. The van der Waals surface area contributed by atoms with Gasteiger partial charge in [0.25, 0.3) is 0 Å². The van der Waals surface area contributed by atoms with Crippen molar-refractivity contribution in [3.8, 4) is 0 Å². The first-order valence-corrected chi connectivity index (χ1v) is 9.05. The van der Waals surface area contributed by atoms with Crippen LogP contribution < -0.4 is 5.32 Å². The van der Waals surface area contributed by atoms with Gasteiger partial charge < -0.3 is 10.2 Å². The quantitative estimate of drug-likeness (QED) is 0.678. The Labute approximate surface area is 127 Å². The van der Waals surface area contributed by atoms with E-state index in [1.807, 2.05) is 0 Å². The van der Waals surface area contributed by atoms with Crippen molar-refractivity contribution in [3.63, 3.8) is 0 Å². The van der Waals surface area contributed by atoms with Gasteiger partial charge in [-0.15, -0.1) is 0 Å². The Bertz CT molecular complexity index is 228. The second-order valence-electron chi connectivity index (χ2n) is 7.09. The van der Waals surface area contributed by atoms with E-state index in [4.69, 9.17) is 0 Å². The van der Waals surface area contributed by atoms with Crippen molar-refractivity contribution in [1.29, 1.82) is 0 Å². The second kappa shape index (κ2) is 9.78. The molecule has 0 aromatic heterocycles. The molecule has 1 fully saturated rings. The Morgan fingerprint density at radius 1 is 1.00 bits per heavy atom. The third-order valence-corrected chi connectivity index (χ3v) is 5.24. The van der Waals surface area contributed by atoms with E-state index in [1.54, 1.807) is 0 Å². The third-order valence-electron chi connectivity index (χ3n) is 5.24. The van der Waals surface area contributed by atoms with Crippen molar-refractivity contribution >= 4 is 0 Å². The van der Waals surface area contributed by atoms with Crippen LogP contribution in [0.1, 0.15) is 73.1 Å². The van der Waals surface area contributed by atoms with Gasteiger partial charge in [-0.25, -0.2) is 0 Å². The topological polar surface area (TPSA) is 15.3 Å². The molecule has 1 aliphatic carbocycles. The Morgan fingerprint density at radius 2 is 1.60 bits per heavy atom. The van der Waals surface area contributed by atoms with Crippen LogP contribution in [0.4, 0.5) is 0 Å². The maximum atomic E-state index is 3.87. The summed E-state index contributed by atoms with van der Waals surface area (Å²) in [5.74, 6) is 1.86. The summed E-state index contributed by atoms with van der Waals surface area (Å²) in [5.41, 5.74) is 0. The molecule has 1 atom stereocenters. The van der Waals surface area contributed by atoms with Gasteiger partial charge in [-0.05, 0) is 76.9 Å². The van der Waals surface area contributed by atoms with Crippen LogP contribution in [-0.2, 0) is 0 Å². The zero-order valence-corrected chi connectivity index (χ0v) is 14.6. The molecule has 1 unspecified atom stereocenters. The predicted octanol–water partition coefficient (Wildman–Crippen LogP) is 4.30. The lowest BCUT2D eigenvalue weighted by atomic mass is 9.79. The minimum atomic E-state index is 0.686. The van der Waals surface area contributed by atoms with Gasteiger partial charge in [0.05, 0.1) is 0 Å². The van der Waals surface area contributed by atoms with E-state index < -0.39 is 0 Å². The smallest absolute Gasteiger partial charge is 0.00697 e. The minimum absolute atomic E-state index is 0.686. The Balaban J connectivity index is 2.12. The molecule has 0 aromatic rings. The molecule has 0 bridgehead atoms. The highest BCUT2D eigenvalue weighted by molar-refractivity contribution is 4.80. The number of hydrogen-bond acceptors (Lipinski definition) is 2. The molecule has 0 amide bonds. The monoisotopic (exact) mass is 282 g/mol. The zero-order valence-electron chi connectivity index (χ0n) is 14.6. The van der Waals surface area contributed by atoms with Gasteiger partial charge in [0.2, 0.25) is 0 Å². The van der Waals surface area contributed by atoms with Crippen LogP contribution in [0.2, 0.25) is 0 Å². The molecule has 0 radical (unpaired) electrons. The average Bonchev–Trinajstić information content (AvgIpc) is 2.44. The fourth-order valence-corrected chi connectivity index (χ4v) is 3.60. The van der Waals surface area contributed by atoms with Crippen LogP contribution in [0, 0.1) is 11.8 Å². The molecular formula is C18H38N2. The number of rotatable bonds is 9. The van der Waals surface area contributed by atoms with Crippen molar-refractivity contribution in [2.45, 2.75) is 85.2 Å². The van der Waals surface area contributed by atoms with Crippen molar-refractivity contribution in [3.05, 3.63) is 0 Å². The highest BCUT2D eigenvalue weighted by atomic mass is 15.1. The predicted molar refractivity (Wildman–Crippen MR) is 90.2 cm³/mol. The SMILES string of the molecule is CCN(CC)CCCC(C)NC1CCC(C(C)C)CC1. The van der Waals surface area contributed by atoms with Crippen LogP contribution in [-0.4, -0.2) is 36.6 Å². The van der Waals surface area contributed by atoms with E-state index in [9.17, 15) is 0 Å². The molecule has 2 nitrogen and oxygen atoms in total. The van der Waals surface area contributed by atoms with Gasteiger partial charge in [0.1, 0.15) is 0 Å². The second-order valence-corrected chi connectivity index (χ2v) is 7.09. The van der Waals surface area contributed by atoms with Crippen LogP contribution in [0.15, 0.2) is 0 Å². The Morgan fingerprint density at radius 3 is 2.10 bits per heavy atom. The normalized spacial score (nSPS) is 25.4. The number of nitrogens with zero attached hydrogens (tertiary/aromatic N) is 1. The first kappa shape index (κ1) is 18.0. The van der Waals surface area contributed by atoms with E-state index in [2.05, 4.69) is 44.8 Å². The van der Waals surface area contributed by atoms with Crippen molar-refractivity contribution < 1.29 is 0 Å². The highest BCUT2D eigenvalue weighted by Gasteiger charge is 2.23. The van der Waals surface area contributed by atoms with Crippen molar-refractivity contribution in [2.24, 2.45) is 11.8 Å². The lowest BCUT2D eigenvalue weighted by Crippen LogP contribution is -2.40. The fourth-order valence-electron chi connectivity index (χ4n) is 3.60. The highest BCUT2D eigenvalue weighted by Crippen LogP contribution is 2.30. The van der Waals surface area contributed by atoms with Gasteiger partial charge >= 0.3 is 0 Å². The number of hydrogen-bond donors (Lipinski definition) is 1. The standard InChI is InChI=1S/C18H38N2/c1-6-20(7-2)14-8-9-16(5)19-18-12-10-17(11-13-18)15(3)4/h15-19H,6-14H2,1-5H3. The molecule has 0 aliphatic heterocycles. The lowest BCUT2D eigenvalue weighted by molar-refractivity contribution is 0.225. The summed E-state index contributed by atoms with van der Waals surface area (Å²) in [5, 5.41) is 3.87. The molecule has 0 heterocycles. The maximum Gasteiger partial charge on any atom is 0.00697 e. The Hall–Kier alpha value is -0.0800. The maximum absolute atomic E-state index is 3.87. The summed E-state index contributed by atoms with van der Waals surface area (Å²) < 4.78 is 0. The zero-order chi connectivity index (χ0) is 15.0. The van der Waals surface area contributed by atoms with Gasteiger partial charge in [-0.3, -0.25) is 0 Å². The van der Waals surface area contributed by atoms with Gasteiger partial charge in [-0.2, -0.15) is 0 Å². The first-order valence-electron chi connectivity index (χ1n) is 9.05. The summed E-state index contributed by atoms with van der Waals surface area (Å²) in [6.45, 7) is 15.3. The lowest BCUT2D eigenvalue weighted by Gasteiger charge is -2.33. The summed E-state index contributed by atoms with van der Waals surface area (Å²) in [6.07, 6.45) is 8.30. The molecule has 0 spiro atoms. The molecule has 2 heteroatoms. The van der Waals surface area contributed by atoms with E-state index in [-0.39, 0.29) is 0 Å². The molecule has 1 aliphatic rings. The van der Waals surface area contributed by atoms with Gasteiger partial charge in [0.15, 0.2) is 0 Å². The van der Waals surface area contributed by atoms with Crippen molar-refractivity contribution in [2.75, 3.05) is 19.6 Å². The molecular weight excluding hydrogens is 244 g/mol. The van der Waals surface area contributed by atoms with E-state index in [0.29, 0.717) is 6.04 Å². The molecule has 1 rings (SSSR count). The van der Waals surface area contributed by atoms with E-state index >= 15 is 0 Å². The molecule has 120 valence electrons. The third kappa shape index (κ3) is 6.58. The van der Waals surface area contributed by atoms with Crippen LogP contribution >= 0.6 is 0 Å². The fraction of sp³-hybridized carbons (Fsp3) is 1.00. The van der Waals surface area contributed by atoms with E-state index in [0.717, 1.165) is 17.9 Å². The molecule has 1 N–H and O–H groups in total.